The molecule has 254 valence electrons. The Morgan fingerprint density at radius 2 is 0.836 bits per heavy atom. The van der Waals surface area contributed by atoms with Crippen LogP contribution in [-0.2, 0) is 0 Å². The third kappa shape index (κ3) is 4.39. The first-order chi connectivity index (χ1) is 27.2. The van der Waals surface area contributed by atoms with Crippen LogP contribution in [0.1, 0.15) is 11.1 Å². The number of aromatic nitrogens is 3. The predicted molar refractivity (Wildman–Crippen MR) is 224 cm³/mol. The van der Waals surface area contributed by atoms with Gasteiger partial charge in [-0.3, -0.25) is 0 Å². The van der Waals surface area contributed by atoms with Crippen molar-refractivity contribution in [3.8, 4) is 40.3 Å². The van der Waals surface area contributed by atoms with Gasteiger partial charge in [-0.25, -0.2) is 0 Å². The Balaban J connectivity index is 1.17. The molecule has 5 heteroatoms. The molecule has 0 amide bonds. The van der Waals surface area contributed by atoms with Crippen molar-refractivity contribution < 1.29 is 0 Å². The molecular weight excluding hydrogens is 671 g/mol. The summed E-state index contributed by atoms with van der Waals surface area (Å²) in [6.45, 7) is 0. The van der Waals surface area contributed by atoms with Gasteiger partial charge in [0.05, 0.1) is 62.1 Å². The maximum absolute atomic E-state index is 10.6. The van der Waals surface area contributed by atoms with Crippen LogP contribution in [0.4, 0.5) is 0 Å². The van der Waals surface area contributed by atoms with Crippen LogP contribution in [0.2, 0.25) is 0 Å². The van der Waals surface area contributed by atoms with E-state index in [1.165, 1.54) is 32.6 Å². The lowest BCUT2D eigenvalue weighted by Crippen LogP contribution is -2.01. The summed E-state index contributed by atoms with van der Waals surface area (Å²) in [5.41, 5.74) is 12.4. The molecule has 0 N–H and O–H groups in total. The SMILES string of the molecule is N#Cc1cccc(-n2c3ccccc3c3c(C#N)cccc32)c1-c1cccc(-n2c3ccccc3c3ccc(-n4c5ccccc5c5ccccc54)cc32)c1. The molecule has 0 atom stereocenters. The lowest BCUT2D eigenvalue weighted by molar-refractivity contribution is 1.15. The highest BCUT2D eigenvalue weighted by Gasteiger charge is 2.21. The topological polar surface area (TPSA) is 62.4 Å². The number of benzene rings is 8. The van der Waals surface area contributed by atoms with Gasteiger partial charge < -0.3 is 13.7 Å². The van der Waals surface area contributed by atoms with Gasteiger partial charge in [-0.05, 0) is 78.4 Å². The average Bonchev–Trinajstić information content (AvgIpc) is 3.89. The number of para-hydroxylation sites is 4. The van der Waals surface area contributed by atoms with Gasteiger partial charge in [0.15, 0.2) is 0 Å². The standard InChI is InChI=1S/C50H29N5/c51-30-33-13-10-24-46(55-45-23-8-4-19-41(45)50-34(31-52)14-11-25-47(50)55)49(33)32-12-9-15-35(28-32)54-44-22-7-3-18-39(44)40-27-26-36(29-48(40)54)53-42-20-5-1-16-37(42)38-17-2-6-21-43(38)53/h1-29H. The Kier molecular flexibility index (Phi) is 6.61. The number of hydrogen-bond acceptors (Lipinski definition) is 2. The summed E-state index contributed by atoms with van der Waals surface area (Å²) in [5, 5.41) is 27.4. The van der Waals surface area contributed by atoms with E-state index in [1.807, 2.05) is 36.4 Å². The van der Waals surface area contributed by atoms with E-state index in [0.29, 0.717) is 11.1 Å². The second-order valence-corrected chi connectivity index (χ2v) is 13.9. The molecule has 0 saturated carbocycles. The quantitative estimate of drug-likeness (QED) is 0.184. The summed E-state index contributed by atoms with van der Waals surface area (Å²) in [4.78, 5) is 0. The first-order valence-corrected chi connectivity index (χ1v) is 18.3. The second-order valence-electron chi connectivity index (χ2n) is 13.9. The second kappa shape index (κ2) is 11.8. The molecular formula is C50H29N5. The molecule has 5 nitrogen and oxygen atoms in total. The summed E-state index contributed by atoms with van der Waals surface area (Å²) >= 11 is 0. The monoisotopic (exact) mass is 699 g/mol. The molecule has 3 aromatic heterocycles. The van der Waals surface area contributed by atoms with Crippen molar-refractivity contribution >= 4 is 65.4 Å². The molecule has 11 aromatic rings. The van der Waals surface area contributed by atoms with Gasteiger partial charge in [0.25, 0.3) is 0 Å². The molecule has 55 heavy (non-hydrogen) atoms. The fraction of sp³-hybridized carbons (Fsp3) is 0. The fourth-order valence-electron chi connectivity index (χ4n) is 8.87. The van der Waals surface area contributed by atoms with Crippen LogP contribution in [0.3, 0.4) is 0 Å². The molecule has 0 spiro atoms. The minimum absolute atomic E-state index is 0.577. The van der Waals surface area contributed by atoms with Crippen LogP contribution < -0.4 is 0 Å². The van der Waals surface area contributed by atoms with Crippen molar-refractivity contribution in [3.05, 3.63) is 187 Å². The van der Waals surface area contributed by atoms with Crippen molar-refractivity contribution in [1.29, 1.82) is 10.5 Å². The van der Waals surface area contributed by atoms with Crippen LogP contribution in [0, 0.1) is 22.7 Å². The zero-order valence-electron chi connectivity index (χ0n) is 29.5. The molecule has 0 unspecified atom stereocenters. The van der Waals surface area contributed by atoms with E-state index in [2.05, 4.69) is 165 Å². The van der Waals surface area contributed by atoms with E-state index in [0.717, 1.165) is 61.0 Å². The van der Waals surface area contributed by atoms with Crippen molar-refractivity contribution in [2.75, 3.05) is 0 Å². The van der Waals surface area contributed by atoms with Crippen LogP contribution >= 0.6 is 0 Å². The molecule has 0 radical (unpaired) electrons. The van der Waals surface area contributed by atoms with Gasteiger partial charge in [-0.2, -0.15) is 10.5 Å². The van der Waals surface area contributed by atoms with E-state index in [4.69, 9.17) is 0 Å². The summed E-state index contributed by atoms with van der Waals surface area (Å²) in [7, 11) is 0. The van der Waals surface area contributed by atoms with Crippen molar-refractivity contribution in [1.82, 2.24) is 13.7 Å². The first-order valence-electron chi connectivity index (χ1n) is 18.3. The predicted octanol–water partition coefficient (Wildman–Crippen LogP) is 12.4. The summed E-state index contributed by atoms with van der Waals surface area (Å²) in [6.07, 6.45) is 0. The molecule has 3 heterocycles. The smallest absolute Gasteiger partial charge is 0.0998 e. The molecule has 8 aromatic carbocycles. The Morgan fingerprint density at radius 1 is 0.345 bits per heavy atom. The Hall–Kier alpha value is -7.86. The van der Waals surface area contributed by atoms with Crippen LogP contribution in [0.15, 0.2) is 176 Å². The maximum atomic E-state index is 10.6. The van der Waals surface area contributed by atoms with Crippen LogP contribution in [0.5, 0.6) is 0 Å². The highest BCUT2D eigenvalue weighted by Crippen LogP contribution is 2.41. The van der Waals surface area contributed by atoms with Gasteiger partial charge >= 0.3 is 0 Å². The highest BCUT2D eigenvalue weighted by atomic mass is 15.0. The minimum Gasteiger partial charge on any atom is -0.309 e. The normalized spacial score (nSPS) is 11.6. The number of fused-ring (bicyclic) bond motifs is 9. The third-order valence-electron chi connectivity index (χ3n) is 11.1. The molecule has 0 aliphatic heterocycles. The number of nitrogens with zero attached hydrogens (tertiary/aromatic N) is 5. The van der Waals surface area contributed by atoms with Crippen LogP contribution in [0.25, 0.3) is 93.6 Å². The van der Waals surface area contributed by atoms with E-state index in [1.54, 1.807) is 0 Å². The molecule has 11 rings (SSSR count). The summed E-state index contributed by atoms with van der Waals surface area (Å²) in [5.74, 6) is 0. The molecule has 0 aliphatic carbocycles. The Labute approximate surface area is 316 Å². The van der Waals surface area contributed by atoms with E-state index in [-0.39, 0.29) is 0 Å². The van der Waals surface area contributed by atoms with Gasteiger partial charge in [0.1, 0.15) is 0 Å². The number of nitriles is 2. The van der Waals surface area contributed by atoms with Gasteiger partial charge in [0, 0.05) is 49.3 Å². The van der Waals surface area contributed by atoms with E-state index < -0.39 is 0 Å². The number of hydrogen-bond donors (Lipinski definition) is 0. The molecule has 0 saturated heterocycles. The summed E-state index contributed by atoms with van der Waals surface area (Å²) in [6, 6.07) is 66.0. The van der Waals surface area contributed by atoms with Crippen LogP contribution in [-0.4, -0.2) is 13.7 Å². The lowest BCUT2D eigenvalue weighted by atomic mass is 9.97. The van der Waals surface area contributed by atoms with Crippen molar-refractivity contribution in [2.24, 2.45) is 0 Å². The largest absolute Gasteiger partial charge is 0.309 e. The van der Waals surface area contributed by atoms with E-state index in [9.17, 15) is 10.5 Å². The van der Waals surface area contributed by atoms with Gasteiger partial charge in [-0.1, -0.05) is 103 Å². The Morgan fingerprint density at radius 3 is 1.49 bits per heavy atom. The Bertz CT molecular complexity index is 3420. The fourth-order valence-corrected chi connectivity index (χ4v) is 8.87. The van der Waals surface area contributed by atoms with Crippen molar-refractivity contribution in [3.63, 3.8) is 0 Å². The summed E-state index contributed by atoms with van der Waals surface area (Å²) < 4.78 is 6.91. The highest BCUT2D eigenvalue weighted by molar-refractivity contribution is 6.13. The zero-order chi connectivity index (χ0) is 36.6. The molecule has 0 fully saturated rings. The average molecular weight is 700 g/mol. The maximum Gasteiger partial charge on any atom is 0.0998 e. The van der Waals surface area contributed by atoms with Gasteiger partial charge in [-0.15, -0.1) is 0 Å². The zero-order valence-corrected chi connectivity index (χ0v) is 29.5. The van der Waals surface area contributed by atoms with E-state index >= 15 is 0 Å². The van der Waals surface area contributed by atoms with Gasteiger partial charge in [0.2, 0.25) is 0 Å². The molecule has 0 aliphatic rings. The lowest BCUT2D eigenvalue weighted by Gasteiger charge is -2.17. The molecule has 0 bridgehead atoms. The number of rotatable bonds is 4. The first kappa shape index (κ1) is 30.7. The minimum atomic E-state index is 0.577. The third-order valence-corrected chi connectivity index (χ3v) is 11.1. The van der Waals surface area contributed by atoms with Crippen molar-refractivity contribution in [2.45, 2.75) is 0 Å².